The SMILES string of the molecule is CNC(=O)c1cccc(NCc2ccc(O)cc2)c1C. The summed E-state index contributed by atoms with van der Waals surface area (Å²) in [6.07, 6.45) is 0. The Bertz CT molecular complexity index is 606. The highest BCUT2D eigenvalue weighted by Gasteiger charge is 2.09. The molecular formula is C16H18N2O2. The average molecular weight is 270 g/mol. The van der Waals surface area contributed by atoms with Crippen LogP contribution in [0.15, 0.2) is 42.5 Å². The Morgan fingerprint density at radius 1 is 1.15 bits per heavy atom. The van der Waals surface area contributed by atoms with Crippen LogP contribution in [0.5, 0.6) is 5.75 Å². The molecule has 0 saturated carbocycles. The number of phenolic OH excluding ortho intramolecular Hbond substituents is 1. The third-order valence-electron chi connectivity index (χ3n) is 3.22. The molecule has 0 aliphatic rings. The molecule has 0 heterocycles. The molecule has 0 spiro atoms. The van der Waals surface area contributed by atoms with Crippen LogP contribution in [0.4, 0.5) is 5.69 Å². The van der Waals surface area contributed by atoms with Crippen molar-refractivity contribution in [1.82, 2.24) is 5.32 Å². The van der Waals surface area contributed by atoms with Gasteiger partial charge in [0.1, 0.15) is 5.75 Å². The number of amides is 1. The molecule has 4 nitrogen and oxygen atoms in total. The topological polar surface area (TPSA) is 61.4 Å². The number of nitrogens with one attached hydrogen (secondary N) is 2. The Morgan fingerprint density at radius 3 is 2.50 bits per heavy atom. The van der Waals surface area contributed by atoms with Gasteiger partial charge in [0.05, 0.1) is 0 Å². The first-order valence-corrected chi connectivity index (χ1v) is 6.45. The van der Waals surface area contributed by atoms with Crippen LogP contribution in [0.25, 0.3) is 0 Å². The maximum Gasteiger partial charge on any atom is 0.251 e. The van der Waals surface area contributed by atoms with E-state index in [9.17, 15) is 9.90 Å². The monoisotopic (exact) mass is 270 g/mol. The zero-order valence-corrected chi connectivity index (χ0v) is 11.6. The molecule has 2 aromatic carbocycles. The zero-order chi connectivity index (χ0) is 14.5. The van der Waals surface area contributed by atoms with Crippen LogP contribution in [0.3, 0.4) is 0 Å². The van der Waals surface area contributed by atoms with Gasteiger partial charge in [0, 0.05) is 24.8 Å². The summed E-state index contributed by atoms with van der Waals surface area (Å²) >= 11 is 0. The van der Waals surface area contributed by atoms with Gasteiger partial charge < -0.3 is 15.7 Å². The van der Waals surface area contributed by atoms with Gasteiger partial charge in [-0.05, 0) is 42.3 Å². The van der Waals surface area contributed by atoms with Crippen molar-refractivity contribution < 1.29 is 9.90 Å². The highest BCUT2D eigenvalue weighted by molar-refractivity contribution is 5.96. The first-order valence-electron chi connectivity index (χ1n) is 6.45. The summed E-state index contributed by atoms with van der Waals surface area (Å²) in [4.78, 5) is 11.7. The van der Waals surface area contributed by atoms with Crippen LogP contribution in [-0.2, 0) is 6.54 Å². The second kappa shape index (κ2) is 6.10. The fourth-order valence-corrected chi connectivity index (χ4v) is 2.02. The van der Waals surface area contributed by atoms with Crippen molar-refractivity contribution in [2.45, 2.75) is 13.5 Å². The number of anilines is 1. The number of aromatic hydroxyl groups is 1. The first kappa shape index (κ1) is 13.9. The number of benzene rings is 2. The largest absolute Gasteiger partial charge is 0.508 e. The maximum absolute atomic E-state index is 11.7. The quantitative estimate of drug-likeness (QED) is 0.800. The van der Waals surface area contributed by atoms with Crippen LogP contribution in [0.2, 0.25) is 0 Å². The molecule has 2 rings (SSSR count). The second-order valence-corrected chi connectivity index (χ2v) is 4.58. The molecule has 0 saturated heterocycles. The molecule has 0 radical (unpaired) electrons. The van der Waals surface area contributed by atoms with Crippen LogP contribution in [0, 0.1) is 6.92 Å². The molecule has 2 aromatic rings. The van der Waals surface area contributed by atoms with Crippen molar-refractivity contribution >= 4 is 11.6 Å². The summed E-state index contributed by atoms with van der Waals surface area (Å²) in [7, 11) is 1.62. The lowest BCUT2D eigenvalue weighted by Crippen LogP contribution is -2.19. The fraction of sp³-hybridized carbons (Fsp3) is 0.188. The Morgan fingerprint density at radius 2 is 1.85 bits per heavy atom. The molecule has 0 atom stereocenters. The molecule has 3 N–H and O–H groups in total. The normalized spacial score (nSPS) is 10.1. The van der Waals surface area contributed by atoms with E-state index in [0.29, 0.717) is 12.1 Å². The van der Waals surface area contributed by atoms with E-state index in [0.717, 1.165) is 16.8 Å². The Hall–Kier alpha value is -2.49. The van der Waals surface area contributed by atoms with E-state index in [1.165, 1.54) is 0 Å². The van der Waals surface area contributed by atoms with Gasteiger partial charge in [-0.2, -0.15) is 0 Å². The first-order chi connectivity index (χ1) is 9.61. The number of rotatable bonds is 4. The summed E-state index contributed by atoms with van der Waals surface area (Å²) in [5.41, 5.74) is 3.58. The molecule has 0 unspecified atom stereocenters. The predicted molar refractivity (Wildman–Crippen MR) is 80.0 cm³/mol. The number of carbonyl (C=O) groups excluding carboxylic acids is 1. The van der Waals surface area contributed by atoms with E-state index in [1.54, 1.807) is 25.2 Å². The number of phenols is 1. The van der Waals surface area contributed by atoms with Crippen molar-refractivity contribution in [3.05, 3.63) is 59.2 Å². The highest BCUT2D eigenvalue weighted by Crippen LogP contribution is 2.20. The van der Waals surface area contributed by atoms with Gasteiger partial charge >= 0.3 is 0 Å². The summed E-state index contributed by atoms with van der Waals surface area (Å²) in [5, 5.41) is 15.2. The molecule has 0 bridgehead atoms. The van der Waals surface area contributed by atoms with Crippen LogP contribution < -0.4 is 10.6 Å². The van der Waals surface area contributed by atoms with Crippen molar-refractivity contribution in [3.63, 3.8) is 0 Å². The summed E-state index contributed by atoms with van der Waals surface area (Å²) in [6.45, 7) is 2.56. The van der Waals surface area contributed by atoms with E-state index < -0.39 is 0 Å². The molecule has 0 aliphatic carbocycles. The standard InChI is InChI=1S/C16H18N2O2/c1-11-14(16(20)17-2)4-3-5-15(11)18-10-12-6-8-13(19)9-7-12/h3-9,18-19H,10H2,1-2H3,(H,17,20). The van der Waals surface area contributed by atoms with Gasteiger partial charge in [0.25, 0.3) is 5.91 Å². The molecular weight excluding hydrogens is 252 g/mol. The smallest absolute Gasteiger partial charge is 0.251 e. The Balaban J connectivity index is 2.13. The fourth-order valence-electron chi connectivity index (χ4n) is 2.02. The van der Waals surface area contributed by atoms with Gasteiger partial charge in [-0.15, -0.1) is 0 Å². The second-order valence-electron chi connectivity index (χ2n) is 4.58. The van der Waals surface area contributed by atoms with E-state index in [4.69, 9.17) is 0 Å². The summed E-state index contributed by atoms with van der Waals surface area (Å²) < 4.78 is 0. The summed E-state index contributed by atoms with van der Waals surface area (Å²) in [5.74, 6) is 0.169. The lowest BCUT2D eigenvalue weighted by Gasteiger charge is -2.12. The molecule has 0 aliphatic heterocycles. The van der Waals surface area contributed by atoms with Crippen molar-refractivity contribution in [3.8, 4) is 5.75 Å². The summed E-state index contributed by atoms with van der Waals surface area (Å²) in [6, 6.07) is 12.6. The molecule has 104 valence electrons. The highest BCUT2D eigenvalue weighted by atomic mass is 16.3. The minimum atomic E-state index is -0.0872. The number of hydrogen-bond donors (Lipinski definition) is 3. The minimum absolute atomic E-state index is 0.0872. The van der Waals surface area contributed by atoms with E-state index >= 15 is 0 Å². The lowest BCUT2D eigenvalue weighted by molar-refractivity contribution is 0.0962. The molecule has 20 heavy (non-hydrogen) atoms. The van der Waals surface area contributed by atoms with Crippen molar-refractivity contribution in [2.24, 2.45) is 0 Å². The number of carbonyl (C=O) groups is 1. The molecule has 1 amide bonds. The Labute approximate surface area is 118 Å². The Kier molecular flexibility index (Phi) is 4.25. The zero-order valence-electron chi connectivity index (χ0n) is 11.6. The lowest BCUT2D eigenvalue weighted by atomic mass is 10.1. The van der Waals surface area contributed by atoms with Gasteiger partial charge in [-0.25, -0.2) is 0 Å². The maximum atomic E-state index is 11.7. The van der Waals surface area contributed by atoms with Crippen molar-refractivity contribution in [2.75, 3.05) is 12.4 Å². The average Bonchev–Trinajstić information content (AvgIpc) is 2.47. The minimum Gasteiger partial charge on any atom is -0.508 e. The molecule has 4 heteroatoms. The van der Waals surface area contributed by atoms with Crippen LogP contribution in [-0.4, -0.2) is 18.1 Å². The molecule has 0 fully saturated rings. The van der Waals surface area contributed by atoms with E-state index in [-0.39, 0.29) is 11.7 Å². The van der Waals surface area contributed by atoms with Crippen LogP contribution >= 0.6 is 0 Å². The van der Waals surface area contributed by atoms with Gasteiger partial charge in [-0.1, -0.05) is 18.2 Å². The molecule has 0 aromatic heterocycles. The van der Waals surface area contributed by atoms with Gasteiger partial charge in [0.15, 0.2) is 0 Å². The van der Waals surface area contributed by atoms with Gasteiger partial charge in [0.2, 0.25) is 0 Å². The van der Waals surface area contributed by atoms with E-state index in [2.05, 4.69) is 10.6 Å². The third-order valence-corrected chi connectivity index (χ3v) is 3.22. The number of hydrogen-bond acceptors (Lipinski definition) is 3. The third kappa shape index (κ3) is 3.09. The van der Waals surface area contributed by atoms with E-state index in [1.807, 2.05) is 31.2 Å². The van der Waals surface area contributed by atoms with Crippen LogP contribution in [0.1, 0.15) is 21.5 Å². The predicted octanol–water partition coefficient (Wildman–Crippen LogP) is 2.67. The van der Waals surface area contributed by atoms with Crippen molar-refractivity contribution in [1.29, 1.82) is 0 Å². The van der Waals surface area contributed by atoms with Gasteiger partial charge in [-0.3, -0.25) is 4.79 Å².